The van der Waals surface area contributed by atoms with Crippen LogP contribution >= 0.6 is 0 Å². The summed E-state index contributed by atoms with van der Waals surface area (Å²) in [6.07, 6.45) is 0. The van der Waals surface area contributed by atoms with Gasteiger partial charge in [-0.15, -0.1) is 0 Å². The van der Waals surface area contributed by atoms with Gasteiger partial charge in [0, 0.05) is 30.8 Å². The highest BCUT2D eigenvalue weighted by Crippen LogP contribution is 2.25. The number of ether oxygens (including phenoxy) is 1. The minimum Gasteiger partial charge on any atom is -0.384 e. The lowest BCUT2D eigenvalue weighted by molar-refractivity contribution is 0.185. The minimum absolute atomic E-state index is 0.502. The number of methoxy groups -OCH3 is 1. The molecule has 2 heteroatoms. The summed E-state index contributed by atoms with van der Waals surface area (Å²) in [7, 11) is 1.73. The molecule has 2 rings (SSSR count). The first-order chi connectivity index (χ1) is 10.2. The molecule has 112 valence electrons. The molecule has 0 heterocycles. The van der Waals surface area contributed by atoms with Crippen LogP contribution in [0.4, 0.5) is 5.69 Å². The van der Waals surface area contributed by atoms with E-state index in [1.807, 2.05) is 0 Å². The van der Waals surface area contributed by atoms with Gasteiger partial charge in [-0.25, -0.2) is 0 Å². The first-order valence-electron chi connectivity index (χ1n) is 7.58. The summed E-state index contributed by atoms with van der Waals surface area (Å²) in [6.45, 7) is 6.13. The van der Waals surface area contributed by atoms with Crippen LogP contribution in [-0.4, -0.2) is 13.7 Å². The SMILES string of the molecule is COCc1ccccc1NCC(c1ccccc1)C(C)C. The predicted octanol–water partition coefficient (Wildman–Crippen LogP) is 4.68. The molecule has 21 heavy (non-hydrogen) atoms. The number of nitrogens with one attached hydrogen (secondary N) is 1. The molecular weight excluding hydrogens is 258 g/mol. The molecule has 2 aromatic rings. The molecule has 1 unspecified atom stereocenters. The second-order valence-corrected chi connectivity index (χ2v) is 5.73. The number of benzene rings is 2. The van der Waals surface area contributed by atoms with E-state index in [0.29, 0.717) is 18.4 Å². The van der Waals surface area contributed by atoms with Crippen molar-refractivity contribution >= 4 is 5.69 Å². The van der Waals surface area contributed by atoms with Crippen molar-refractivity contribution in [3.05, 3.63) is 65.7 Å². The number of hydrogen-bond donors (Lipinski definition) is 1. The van der Waals surface area contributed by atoms with Crippen LogP contribution in [0, 0.1) is 5.92 Å². The molecule has 2 aromatic carbocycles. The Morgan fingerprint density at radius 2 is 1.62 bits per heavy atom. The molecular formula is C19H25NO. The Morgan fingerprint density at radius 3 is 2.29 bits per heavy atom. The summed E-state index contributed by atoms with van der Waals surface area (Å²) in [4.78, 5) is 0. The minimum atomic E-state index is 0.502. The summed E-state index contributed by atoms with van der Waals surface area (Å²) >= 11 is 0. The fourth-order valence-electron chi connectivity index (χ4n) is 2.63. The van der Waals surface area contributed by atoms with Crippen LogP contribution in [-0.2, 0) is 11.3 Å². The van der Waals surface area contributed by atoms with Crippen molar-refractivity contribution in [1.29, 1.82) is 0 Å². The number of anilines is 1. The predicted molar refractivity (Wildman–Crippen MR) is 89.7 cm³/mol. The van der Waals surface area contributed by atoms with Gasteiger partial charge in [-0.1, -0.05) is 62.4 Å². The van der Waals surface area contributed by atoms with Crippen LogP contribution < -0.4 is 5.32 Å². The van der Waals surface area contributed by atoms with Gasteiger partial charge in [0.2, 0.25) is 0 Å². The van der Waals surface area contributed by atoms with Gasteiger partial charge in [0.25, 0.3) is 0 Å². The van der Waals surface area contributed by atoms with E-state index < -0.39 is 0 Å². The molecule has 0 spiro atoms. The molecule has 0 aromatic heterocycles. The topological polar surface area (TPSA) is 21.3 Å². The summed E-state index contributed by atoms with van der Waals surface area (Å²) in [5, 5.41) is 3.60. The zero-order chi connectivity index (χ0) is 15.1. The Hall–Kier alpha value is -1.80. The maximum Gasteiger partial charge on any atom is 0.0733 e. The zero-order valence-corrected chi connectivity index (χ0v) is 13.2. The van der Waals surface area contributed by atoms with Crippen LogP contribution in [0.2, 0.25) is 0 Å². The van der Waals surface area contributed by atoms with Gasteiger partial charge in [0.1, 0.15) is 0 Å². The Kier molecular flexibility index (Phi) is 5.82. The van der Waals surface area contributed by atoms with E-state index in [9.17, 15) is 0 Å². The van der Waals surface area contributed by atoms with E-state index in [0.717, 1.165) is 6.54 Å². The van der Waals surface area contributed by atoms with Crippen molar-refractivity contribution in [2.24, 2.45) is 5.92 Å². The lowest BCUT2D eigenvalue weighted by atomic mass is 9.88. The van der Waals surface area contributed by atoms with E-state index in [4.69, 9.17) is 4.74 Å². The van der Waals surface area contributed by atoms with Gasteiger partial charge < -0.3 is 10.1 Å². The molecule has 1 atom stereocenters. The van der Waals surface area contributed by atoms with Crippen molar-refractivity contribution in [3.8, 4) is 0 Å². The van der Waals surface area contributed by atoms with E-state index in [1.54, 1.807) is 7.11 Å². The van der Waals surface area contributed by atoms with E-state index in [1.165, 1.54) is 16.8 Å². The van der Waals surface area contributed by atoms with Gasteiger partial charge >= 0.3 is 0 Å². The fourth-order valence-corrected chi connectivity index (χ4v) is 2.63. The van der Waals surface area contributed by atoms with E-state index in [2.05, 4.69) is 73.8 Å². The number of hydrogen-bond acceptors (Lipinski definition) is 2. The Balaban J connectivity index is 2.09. The molecule has 0 amide bonds. The lowest BCUT2D eigenvalue weighted by Gasteiger charge is -2.23. The molecule has 0 bridgehead atoms. The molecule has 0 radical (unpaired) electrons. The van der Waals surface area contributed by atoms with Gasteiger partial charge in [-0.05, 0) is 17.5 Å². The average Bonchev–Trinajstić information content (AvgIpc) is 2.50. The van der Waals surface area contributed by atoms with Gasteiger partial charge in [-0.2, -0.15) is 0 Å². The van der Waals surface area contributed by atoms with Gasteiger partial charge in [-0.3, -0.25) is 0 Å². The third kappa shape index (κ3) is 4.33. The smallest absolute Gasteiger partial charge is 0.0733 e. The maximum absolute atomic E-state index is 5.27. The molecule has 0 saturated carbocycles. The third-order valence-electron chi connectivity index (χ3n) is 3.86. The second kappa shape index (κ2) is 7.84. The molecule has 0 aliphatic rings. The van der Waals surface area contributed by atoms with Crippen LogP contribution in [0.5, 0.6) is 0 Å². The van der Waals surface area contributed by atoms with E-state index in [-0.39, 0.29) is 0 Å². The quantitative estimate of drug-likeness (QED) is 0.796. The Labute approximate surface area is 128 Å². The fraction of sp³-hybridized carbons (Fsp3) is 0.368. The van der Waals surface area contributed by atoms with Crippen LogP contribution in [0.15, 0.2) is 54.6 Å². The highest BCUT2D eigenvalue weighted by Gasteiger charge is 2.15. The summed E-state index contributed by atoms with van der Waals surface area (Å²) in [5.41, 5.74) is 3.76. The highest BCUT2D eigenvalue weighted by atomic mass is 16.5. The molecule has 0 fully saturated rings. The van der Waals surface area contributed by atoms with Crippen molar-refractivity contribution in [2.45, 2.75) is 26.4 Å². The lowest BCUT2D eigenvalue weighted by Crippen LogP contribution is -2.18. The monoisotopic (exact) mass is 283 g/mol. The Bertz CT molecular complexity index is 536. The summed E-state index contributed by atoms with van der Waals surface area (Å²) in [6, 6.07) is 19.1. The number of para-hydroxylation sites is 1. The molecule has 1 N–H and O–H groups in total. The van der Waals surface area contributed by atoms with Crippen LogP contribution in [0.1, 0.15) is 30.9 Å². The normalized spacial score (nSPS) is 12.4. The van der Waals surface area contributed by atoms with Crippen molar-refractivity contribution in [1.82, 2.24) is 0 Å². The van der Waals surface area contributed by atoms with Crippen molar-refractivity contribution < 1.29 is 4.74 Å². The average molecular weight is 283 g/mol. The number of rotatable bonds is 7. The van der Waals surface area contributed by atoms with Crippen LogP contribution in [0.3, 0.4) is 0 Å². The molecule has 0 saturated heterocycles. The standard InChI is InChI=1S/C19H25NO/c1-15(2)18(16-9-5-4-6-10-16)13-20-19-12-8-7-11-17(19)14-21-3/h4-12,15,18,20H,13-14H2,1-3H3. The largest absolute Gasteiger partial charge is 0.384 e. The third-order valence-corrected chi connectivity index (χ3v) is 3.86. The first-order valence-corrected chi connectivity index (χ1v) is 7.58. The molecule has 2 nitrogen and oxygen atoms in total. The highest BCUT2D eigenvalue weighted by molar-refractivity contribution is 5.51. The van der Waals surface area contributed by atoms with Crippen molar-refractivity contribution in [2.75, 3.05) is 19.0 Å². The second-order valence-electron chi connectivity index (χ2n) is 5.73. The molecule has 0 aliphatic carbocycles. The van der Waals surface area contributed by atoms with Gasteiger partial charge in [0.05, 0.1) is 6.61 Å². The van der Waals surface area contributed by atoms with E-state index >= 15 is 0 Å². The van der Waals surface area contributed by atoms with Crippen molar-refractivity contribution in [3.63, 3.8) is 0 Å². The van der Waals surface area contributed by atoms with Crippen LogP contribution in [0.25, 0.3) is 0 Å². The first kappa shape index (κ1) is 15.6. The zero-order valence-electron chi connectivity index (χ0n) is 13.2. The maximum atomic E-state index is 5.27. The summed E-state index contributed by atoms with van der Waals surface area (Å²) < 4.78 is 5.27. The summed E-state index contributed by atoms with van der Waals surface area (Å²) in [5.74, 6) is 1.09. The molecule has 0 aliphatic heterocycles. The van der Waals surface area contributed by atoms with Gasteiger partial charge in [0.15, 0.2) is 0 Å². The Morgan fingerprint density at radius 1 is 0.952 bits per heavy atom.